The smallest absolute Gasteiger partial charge is 0.0737 e. The molecule has 2 heterocycles. The van der Waals surface area contributed by atoms with Crippen LogP contribution in [0.4, 0.5) is 5.69 Å². The van der Waals surface area contributed by atoms with Crippen LogP contribution in [0.25, 0.3) is 10.9 Å². The third-order valence-electron chi connectivity index (χ3n) is 6.97. The standard InChI is InChI=1S/C31H38ClN5/c1-3-36(20-7-16-34-30-14-19-35-31-22-28(32)10-11-29(30)31)21-15-25(2)37(23-26-8-5-4-6-9-26)24-27-12-17-33-18-13-27/h4-6,8-14,17-19,22,25H,3,7,15-16,20-21,23-24H2,1-2H3,(H,34,35). The average Bonchev–Trinajstić information content (AvgIpc) is 2.93. The predicted molar refractivity (Wildman–Crippen MR) is 156 cm³/mol. The summed E-state index contributed by atoms with van der Waals surface area (Å²) < 4.78 is 0. The summed E-state index contributed by atoms with van der Waals surface area (Å²) in [5.41, 5.74) is 4.70. The number of anilines is 1. The van der Waals surface area contributed by atoms with Gasteiger partial charge in [0, 0.05) is 60.4 Å². The molecule has 37 heavy (non-hydrogen) atoms. The Morgan fingerprint density at radius 3 is 2.41 bits per heavy atom. The second-order valence-electron chi connectivity index (χ2n) is 9.62. The molecule has 6 heteroatoms. The van der Waals surface area contributed by atoms with Crippen LogP contribution in [-0.2, 0) is 13.1 Å². The molecule has 1 unspecified atom stereocenters. The van der Waals surface area contributed by atoms with E-state index in [2.05, 4.69) is 81.4 Å². The topological polar surface area (TPSA) is 44.3 Å². The van der Waals surface area contributed by atoms with Crippen molar-refractivity contribution in [2.24, 2.45) is 0 Å². The summed E-state index contributed by atoms with van der Waals surface area (Å²) in [5.74, 6) is 0. The maximum atomic E-state index is 6.13. The number of fused-ring (bicyclic) bond motifs is 1. The Morgan fingerprint density at radius 1 is 0.892 bits per heavy atom. The van der Waals surface area contributed by atoms with Crippen molar-refractivity contribution in [3.63, 3.8) is 0 Å². The SMILES string of the molecule is CCN(CCCNc1ccnc2cc(Cl)ccc12)CCC(C)N(Cc1ccccc1)Cc1ccncc1. The van der Waals surface area contributed by atoms with Crippen LogP contribution in [0.5, 0.6) is 0 Å². The molecular formula is C31H38ClN5. The van der Waals surface area contributed by atoms with E-state index in [1.165, 1.54) is 11.1 Å². The van der Waals surface area contributed by atoms with Crippen molar-refractivity contribution in [1.29, 1.82) is 0 Å². The number of hydrogen-bond donors (Lipinski definition) is 1. The fourth-order valence-electron chi connectivity index (χ4n) is 4.69. The van der Waals surface area contributed by atoms with Gasteiger partial charge in [0.2, 0.25) is 0 Å². The fraction of sp³-hybridized carbons (Fsp3) is 0.355. The fourth-order valence-corrected chi connectivity index (χ4v) is 4.86. The van der Waals surface area contributed by atoms with Gasteiger partial charge < -0.3 is 10.2 Å². The van der Waals surface area contributed by atoms with Crippen LogP contribution >= 0.6 is 11.6 Å². The second kappa shape index (κ2) is 14.1. The Balaban J connectivity index is 1.28. The Kier molecular flexibility index (Phi) is 10.3. The van der Waals surface area contributed by atoms with E-state index >= 15 is 0 Å². The number of aromatic nitrogens is 2. The lowest BCUT2D eigenvalue weighted by atomic mass is 10.1. The lowest BCUT2D eigenvalue weighted by Crippen LogP contribution is -2.36. The number of halogens is 1. The van der Waals surface area contributed by atoms with Gasteiger partial charge in [-0.1, -0.05) is 48.9 Å². The maximum Gasteiger partial charge on any atom is 0.0737 e. The van der Waals surface area contributed by atoms with Crippen molar-refractivity contribution >= 4 is 28.2 Å². The summed E-state index contributed by atoms with van der Waals surface area (Å²) in [5, 5.41) is 5.43. The van der Waals surface area contributed by atoms with Crippen LogP contribution in [0, 0.1) is 0 Å². The third-order valence-corrected chi connectivity index (χ3v) is 7.20. The molecule has 4 aromatic rings. The van der Waals surface area contributed by atoms with E-state index in [4.69, 9.17) is 11.6 Å². The highest BCUT2D eigenvalue weighted by Gasteiger charge is 2.16. The van der Waals surface area contributed by atoms with Crippen LogP contribution in [0.2, 0.25) is 5.02 Å². The molecule has 0 saturated heterocycles. The highest BCUT2D eigenvalue weighted by molar-refractivity contribution is 6.31. The van der Waals surface area contributed by atoms with Crippen LogP contribution in [0.1, 0.15) is 37.8 Å². The maximum absolute atomic E-state index is 6.13. The molecule has 5 nitrogen and oxygen atoms in total. The highest BCUT2D eigenvalue weighted by Crippen LogP contribution is 2.24. The van der Waals surface area contributed by atoms with E-state index in [9.17, 15) is 0 Å². The summed E-state index contributed by atoms with van der Waals surface area (Å²) in [4.78, 5) is 13.8. The van der Waals surface area contributed by atoms with E-state index in [-0.39, 0.29) is 0 Å². The minimum Gasteiger partial charge on any atom is -0.384 e. The Labute approximate surface area is 226 Å². The van der Waals surface area contributed by atoms with E-state index in [0.717, 1.165) is 68.7 Å². The van der Waals surface area contributed by atoms with Crippen molar-refractivity contribution in [2.75, 3.05) is 31.5 Å². The minimum atomic E-state index is 0.468. The lowest BCUT2D eigenvalue weighted by Gasteiger charge is -2.31. The van der Waals surface area contributed by atoms with E-state index in [0.29, 0.717) is 11.1 Å². The number of pyridine rings is 2. The largest absolute Gasteiger partial charge is 0.384 e. The van der Waals surface area contributed by atoms with Crippen LogP contribution in [0.3, 0.4) is 0 Å². The van der Waals surface area contributed by atoms with Gasteiger partial charge in [-0.2, -0.15) is 0 Å². The second-order valence-corrected chi connectivity index (χ2v) is 10.1. The first-order valence-corrected chi connectivity index (χ1v) is 13.7. The molecule has 1 N–H and O–H groups in total. The minimum absolute atomic E-state index is 0.468. The van der Waals surface area contributed by atoms with Crippen molar-refractivity contribution in [2.45, 2.75) is 45.8 Å². The van der Waals surface area contributed by atoms with Gasteiger partial charge in [-0.25, -0.2) is 0 Å². The molecule has 4 rings (SSSR count). The first kappa shape index (κ1) is 27.1. The quantitative estimate of drug-likeness (QED) is 0.185. The summed E-state index contributed by atoms with van der Waals surface area (Å²) in [6.45, 7) is 10.7. The predicted octanol–water partition coefficient (Wildman–Crippen LogP) is 6.89. The number of nitrogens with zero attached hydrogens (tertiary/aromatic N) is 4. The van der Waals surface area contributed by atoms with Gasteiger partial charge in [-0.3, -0.25) is 14.9 Å². The average molecular weight is 516 g/mol. The first-order chi connectivity index (χ1) is 18.1. The molecule has 0 aliphatic heterocycles. The van der Waals surface area contributed by atoms with Gasteiger partial charge in [0.15, 0.2) is 0 Å². The molecular weight excluding hydrogens is 478 g/mol. The van der Waals surface area contributed by atoms with Crippen molar-refractivity contribution in [3.8, 4) is 0 Å². The Morgan fingerprint density at radius 2 is 1.65 bits per heavy atom. The van der Waals surface area contributed by atoms with Gasteiger partial charge in [0.1, 0.15) is 0 Å². The van der Waals surface area contributed by atoms with Crippen molar-refractivity contribution < 1.29 is 0 Å². The molecule has 1 atom stereocenters. The molecule has 0 bridgehead atoms. The van der Waals surface area contributed by atoms with Crippen LogP contribution in [0.15, 0.2) is 85.3 Å². The number of nitrogens with one attached hydrogen (secondary N) is 1. The van der Waals surface area contributed by atoms with Gasteiger partial charge in [0.05, 0.1) is 5.52 Å². The molecule has 2 aromatic heterocycles. The number of hydrogen-bond acceptors (Lipinski definition) is 5. The Bertz CT molecular complexity index is 1180. The van der Waals surface area contributed by atoms with Crippen molar-refractivity contribution in [3.05, 3.63) is 101 Å². The van der Waals surface area contributed by atoms with E-state index < -0.39 is 0 Å². The normalized spacial score (nSPS) is 12.4. The van der Waals surface area contributed by atoms with Crippen molar-refractivity contribution in [1.82, 2.24) is 19.8 Å². The summed E-state index contributed by atoms with van der Waals surface area (Å²) in [7, 11) is 0. The number of rotatable bonds is 14. The Hall–Kier alpha value is -2.99. The molecule has 0 saturated carbocycles. The highest BCUT2D eigenvalue weighted by atomic mass is 35.5. The monoisotopic (exact) mass is 515 g/mol. The molecule has 0 aliphatic carbocycles. The molecule has 2 aromatic carbocycles. The van der Waals surface area contributed by atoms with Crippen LogP contribution in [-0.4, -0.2) is 52.0 Å². The van der Waals surface area contributed by atoms with E-state index in [1.54, 1.807) is 0 Å². The van der Waals surface area contributed by atoms with Gasteiger partial charge in [0.25, 0.3) is 0 Å². The van der Waals surface area contributed by atoms with Crippen LogP contribution < -0.4 is 5.32 Å². The molecule has 0 fully saturated rings. The lowest BCUT2D eigenvalue weighted by molar-refractivity contribution is 0.161. The number of benzene rings is 2. The molecule has 0 amide bonds. The zero-order valence-electron chi connectivity index (χ0n) is 22.0. The molecule has 0 radical (unpaired) electrons. The first-order valence-electron chi connectivity index (χ1n) is 13.3. The summed E-state index contributed by atoms with van der Waals surface area (Å²) >= 11 is 6.13. The van der Waals surface area contributed by atoms with Gasteiger partial charge in [-0.05, 0) is 86.9 Å². The molecule has 0 aliphatic rings. The zero-order chi connectivity index (χ0) is 25.9. The van der Waals surface area contributed by atoms with Gasteiger partial charge >= 0.3 is 0 Å². The van der Waals surface area contributed by atoms with Gasteiger partial charge in [-0.15, -0.1) is 0 Å². The van der Waals surface area contributed by atoms with E-state index in [1.807, 2.05) is 42.9 Å². The summed E-state index contributed by atoms with van der Waals surface area (Å²) in [6, 6.07) is 23.4. The molecule has 194 valence electrons. The third kappa shape index (κ3) is 8.26. The summed E-state index contributed by atoms with van der Waals surface area (Å²) in [6.07, 6.45) is 7.84. The molecule has 0 spiro atoms. The zero-order valence-corrected chi connectivity index (χ0v) is 22.7.